The van der Waals surface area contributed by atoms with Crippen LogP contribution >= 0.6 is 0 Å². The van der Waals surface area contributed by atoms with Crippen molar-refractivity contribution in [2.24, 2.45) is 0 Å². The van der Waals surface area contributed by atoms with Crippen LogP contribution in [0.5, 0.6) is 0 Å². The van der Waals surface area contributed by atoms with E-state index in [1.54, 1.807) is 13.8 Å². The summed E-state index contributed by atoms with van der Waals surface area (Å²) >= 11 is 0. The Labute approximate surface area is 111 Å². The van der Waals surface area contributed by atoms with Gasteiger partial charge in [0.2, 0.25) is 0 Å². The van der Waals surface area contributed by atoms with Crippen molar-refractivity contribution in [1.82, 2.24) is 25.3 Å². The minimum atomic E-state index is -2.93. The van der Waals surface area contributed by atoms with E-state index in [0.717, 1.165) is 4.68 Å². The molecule has 0 unspecified atom stereocenters. The number of esters is 1. The number of aryl methyl sites for hydroxylation is 1. The van der Waals surface area contributed by atoms with Gasteiger partial charge in [-0.15, -0.1) is 5.10 Å². The Morgan fingerprint density at radius 2 is 2.20 bits per heavy atom. The van der Waals surface area contributed by atoms with Crippen molar-refractivity contribution in [3.05, 3.63) is 22.8 Å². The first-order valence-corrected chi connectivity index (χ1v) is 5.71. The summed E-state index contributed by atoms with van der Waals surface area (Å²) in [7, 11) is 0. The van der Waals surface area contributed by atoms with Gasteiger partial charge in [0.25, 0.3) is 6.43 Å². The molecule has 10 heteroatoms. The summed E-state index contributed by atoms with van der Waals surface area (Å²) in [6.45, 7) is 3.11. The van der Waals surface area contributed by atoms with E-state index in [4.69, 9.17) is 0 Å². The predicted octanol–water partition coefficient (Wildman–Crippen LogP) is 1.13. The molecule has 0 bridgehead atoms. The van der Waals surface area contributed by atoms with E-state index < -0.39 is 23.8 Å². The lowest BCUT2D eigenvalue weighted by molar-refractivity contribution is 0.0506. The first-order chi connectivity index (χ1) is 9.54. The monoisotopic (exact) mass is 287 g/mol. The molecule has 2 aromatic rings. The molecule has 8 nitrogen and oxygen atoms in total. The van der Waals surface area contributed by atoms with Crippen LogP contribution in [0, 0.1) is 6.92 Å². The molecule has 0 fully saturated rings. The molecule has 0 amide bonds. The quantitative estimate of drug-likeness (QED) is 0.760. The van der Waals surface area contributed by atoms with Gasteiger partial charge in [0, 0.05) is 0 Å². The Bertz CT molecular complexity index is 610. The molecule has 2 aromatic heterocycles. The highest BCUT2D eigenvalue weighted by molar-refractivity contribution is 5.88. The number of carbonyl (C=O) groups excluding carboxylic acids is 1. The maximum atomic E-state index is 13.1. The fourth-order valence-electron chi connectivity index (χ4n) is 1.53. The van der Waals surface area contributed by atoms with Crippen molar-refractivity contribution in [2.75, 3.05) is 6.61 Å². The molecule has 0 aliphatic rings. The molecular formula is C10H11F2N5O3. The van der Waals surface area contributed by atoms with E-state index in [1.165, 1.54) is 0 Å². The molecule has 0 N–H and O–H groups in total. The minimum Gasteiger partial charge on any atom is -0.461 e. The first kappa shape index (κ1) is 14.0. The number of rotatable bonds is 5. The summed E-state index contributed by atoms with van der Waals surface area (Å²) in [5.74, 6) is -0.941. The Kier molecular flexibility index (Phi) is 4.01. The van der Waals surface area contributed by atoms with Crippen LogP contribution in [0.25, 0.3) is 0 Å². The van der Waals surface area contributed by atoms with Crippen LogP contribution in [0.1, 0.15) is 40.9 Å². The van der Waals surface area contributed by atoms with Gasteiger partial charge in [0.1, 0.15) is 17.1 Å². The Balaban J connectivity index is 2.34. The maximum Gasteiger partial charge on any atom is 0.361 e. The fourth-order valence-corrected chi connectivity index (χ4v) is 1.53. The van der Waals surface area contributed by atoms with Crippen molar-refractivity contribution in [3.8, 4) is 0 Å². The van der Waals surface area contributed by atoms with Gasteiger partial charge in [-0.1, -0.05) is 15.5 Å². The molecule has 20 heavy (non-hydrogen) atoms. The molecule has 0 spiro atoms. The van der Waals surface area contributed by atoms with E-state index in [0.29, 0.717) is 11.4 Å². The van der Waals surface area contributed by atoms with E-state index in [9.17, 15) is 13.6 Å². The summed E-state index contributed by atoms with van der Waals surface area (Å²) in [6.07, 6.45) is -2.93. The lowest BCUT2D eigenvalue weighted by atomic mass is 10.3. The molecule has 0 atom stereocenters. The van der Waals surface area contributed by atoms with Crippen LogP contribution in [0.3, 0.4) is 0 Å². The number of hydrogen-bond acceptors (Lipinski definition) is 7. The van der Waals surface area contributed by atoms with Crippen molar-refractivity contribution in [1.29, 1.82) is 0 Å². The van der Waals surface area contributed by atoms with E-state index in [1.807, 2.05) is 0 Å². The molecule has 108 valence electrons. The second-order valence-corrected chi connectivity index (χ2v) is 3.80. The Hall–Kier alpha value is -2.39. The lowest BCUT2D eigenvalue weighted by Gasteiger charge is -2.05. The van der Waals surface area contributed by atoms with E-state index >= 15 is 0 Å². The summed E-state index contributed by atoms with van der Waals surface area (Å²) in [5, 5.41) is 14.1. The molecule has 0 aromatic carbocycles. The number of nitrogens with zero attached hydrogens (tertiary/aromatic N) is 5. The molecule has 0 aliphatic heterocycles. The lowest BCUT2D eigenvalue weighted by Crippen LogP contribution is -2.12. The van der Waals surface area contributed by atoms with E-state index in [-0.39, 0.29) is 13.2 Å². The van der Waals surface area contributed by atoms with Crippen LogP contribution in [0.15, 0.2) is 4.63 Å². The first-order valence-electron chi connectivity index (χ1n) is 5.71. The fraction of sp³-hybridized carbons (Fsp3) is 0.500. The average Bonchev–Trinajstić information content (AvgIpc) is 2.97. The number of hydrogen-bond donors (Lipinski definition) is 0. The number of carbonyl (C=O) groups is 1. The molecule has 2 rings (SSSR count). The molecule has 2 heterocycles. The highest BCUT2D eigenvalue weighted by Gasteiger charge is 2.28. The van der Waals surface area contributed by atoms with Crippen LogP contribution in [0.4, 0.5) is 8.78 Å². The zero-order valence-electron chi connectivity index (χ0n) is 10.7. The van der Waals surface area contributed by atoms with Crippen LogP contribution in [-0.2, 0) is 11.3 Å². The zero-order chi connectivity index (χ0) is 14.7. The normalized spacial score (nSPS) is 11.1. The van der Waals surface area contributed by atoms with Crippen LogP contribution in [0.2, 0.25) is 0 Å². The van der Waals surface area contributed by atoms with Gasteiger partial charge in [-0.05, 0) is 13.8 Å². The Morgan fingerprint density at radius 3 is 2.75 bits per heavy atom. The molecule has 0 aliphatic carbocycles. The summed E-state index contributed by atoms with van der Waals surface area (Å²) in [5.41, 5.74) is -0.354. The van der Waals surface area contributed by atoms with Crippen molar-refractivity contribution in [2.45, 2.75) is 26.8 Å². The number of aromatic nitrogens is 5. The summed E-state index contributed by atoms with van der Waals surface area (Å²) in [4.78, 5) is 11.5. The van der Waals surface area contributed by atoms with Crippen molar-refractivity contribution < 1.29 is 22.9 Å². The van der Waals surface area contributed by atoms with Gasteiger partial charge >= 0.3 is 5.97 Å². The standard InChI is InChI=1S/C10H11F2N5O3/c1-3-19-10(18)7-8(9(11)12)17(16-13-7)4-6-5(2)14-20-15-6/h9H,3-4H2,1-2H3. The second-order valence-electron chi connectivity index (χ2n) is 3.80. The maximum absolute atomic E-state index is 13.1. The van der Waals surface area contributed by atoms with Crippen LogP contribution in [-0.4, -0.2) is 37.9 Å². The molecule has 0 saturated heterocycles. The topological polar surface area (TPSA) is 95.9 Å². The Morgan fingerprint density at radius 1 is 1.45 bits per heavy atom. The van der Waals surface area contributed by atoms with Gasteiger partial charge in [0.05, 0.1) is 13.2 Å². The predicted molar refractivity (Wildman–Crippen MR) is 59.1 cm³/mol. The number of alkyl halides is 2. The number of halogens is 2. The van der Waals surface area contributed by atoms with E-state index in [2.05, 4.69) is 30.0 Å². The third-order valence-corrected chi connectivity index (χ3v) is 2.49. The zero-order valence-corrected chi connectivity index (χ0v) is 10.7. The van der Waals surface area contributed by atoms with Crippen molar-refractivity contribution >= 4 is 5.97 Å². The van der Waals surface area contributed by atoms with Gasteiger partial charge in [-0.3, -0.25) is 0 Å². The second kappa shape index (κ2) is 5.72. The highest BCUT2D eigenvalue weighted by Crippen LogP contribution is 2.22. The van der Waals surface area contributed by atoms with Gasteiger partial charge < -0.3 is 4.74 Å². The summed E-state index contributed by atoms with van der Waals surface area (Å²) < 4.78 is 36.2. The number of ether oxygens (including phenoxy) is 1. The smallest absolute Gasteiger partial charge is 0.361 e. The third-order valence-electron chi connectivity index (χ3n) is 2.49. The third kappa shape index (κ3) is 2.63. The SMILES string of the molecule is CCOC(=O)c1nnn(Cc2nonc2C)c1C(F)F. The highest BCUT2D eigenvalue weighted by atomic mass is 19.3. The van der Waals surface area contributed by atoms with Crippen molar-refractivity contribution in [3.63, 3.8) is 0 Å². The molecule has 0 saturated carbocycles. The van der Waals surface area contributed by atoms with Gasteiger partial charge in [-0.2, -0.15) is 0 Å². The van der Waals surface area contributed by atoms with Gasteiger partial charge in [0.15, 0.2) is 5.69 Å². The molecular weight excluding hydrogens is 276 g/mol. The molecule has 0 radical (unpaired) electrons. The minimum absolute atomic E-state index is 0.0562. The van der Waals surface area contributed by atoms with Gasteiger partial charge in [-0.25, -0.2) is 22.9 Å². The van der Waals surface area contributed by atoms with Crippen LogP contribution < -0.4 is 0 Å². The summed E-state index contributed by atoms with van der Waals surface area (Å²) in [6, 6.07) is 0. The largest absolute Gasteiger partial charge is 0.461 e. The average molecular weight is 287 g/mol.